The first-order valence-corrected chi connectivity index (χ1v) is 10.6. The average Bonchev–Trinajstić information content (AvgIpc) is 2.72. The third-order valence-electron chi connectivity index (χ3n) is 4.69. The SMILES string of the molecule is CC(O)C(NC(=O)C(CCCCN)NC(=O)C(N)CC(N)=O)C(=O)NC(CCC(N)=O)C(=O)O. The quantitative estimate of drug-likeness (QED) is 0.0882. The van der Waals surface area contributed by atoms with Crippen LogP contribution in [0.25, 0.3) is 0 Å². The van der Waals surface area contributed by atoms with Crippen molar-refractivity contribution in [1.82, 2.24) is 16.0 Å². The molecule has 0 rings (SSSR count). The second-order valence-corrected chi connectivity index (χ2v) is 7.75. The Hall–Kier alpha value is -3.30. The number of aliphatic carboxylic acids is 1. The monoisotopic (exact) mass is 489 g/mol. The zero-order chi connectivity index (χ0) is 26.4. The van der Waals surface area contributed by atoms with Crippen LogP contribution in [-0.4, -0.2) is 82.5 Å². The molecular formula is C19H35N7O8. The topological polar surface area (TPSA) is 283 Å². The summed E-state index contributed by atoms with van der Waals surface area (Å²) in [6.45, 7) is 1.51. The van der Waals surface area contributed by atoms with Crippen LogP contribution in [0.3, 0.4) is 0 Å². The minimum Gasteiger partial charge on any atom is -0.480 e. The zero-order valence-corrected chi connectivity index (χ0v) is 19.0. The molecule has 0 aliphatic carbocycles. The van der Waals surface area contributed by atoms with Gasteiger partial charge in [-0.3, -0.25) is 24.0 Å². The molecule has 0 aliphatic heterocycles. The number of rotatable bonds is 17. The highest BCUT2D eigenvalue weighted by Crippen LogP contribution is 2.05. The van der Waals surface area contributed by atoms with Crippen LogP contribution in [0.15, 0.2) is 0 Å². The number of carbonyl (C=O) groups excluding carboxylic acids is 5. The van der Waals surface area contributed by atoms with Crippen LogP contribution in [-0.2, 0) is 28.8 Å². The lowest BCUT2D eigenvalue weighted by Gasteiger charge is -2.26. The smallest absolute Gasteiger partial charge is 0.326 e. The van der Waals surface area contributed by atoms with Gasteiger partial charge in [-0.1, -0.05) is 0 Å². The molecule has 34 heavy (non-hydrogen) atoms. The van der Waals surface area contributed by atoms with E-state index in [1.807, 2.05) is 0 Å². The van der Waals surface area contributed by atoms with Gasteiger partial charge in [-0.2, -0.15) is 0 Å². The van der Waals surface area contributed by atoms with Crippen LogP contribution in [0.2, 0.25) is 0 Å². The molecule has 0 fully saturated rings. The number of nitrogens with two attached hydrogens (primary N) is 4. The van der Waals surface area contributed by atoms with Crippen LogP contribution < -0.4 is 38.9 Å². The molecule has 5 amide bonds. The molecule has 13 N–H and O–H groups in total. The van der Waals surface area contributed by atoms with Gasteiger partial charge in [0, 0.05) is 6.42 Å². The second-order valence-electron chi connectivity index (χ2n) is 7.75. The summed E-state index contributed by atoms with van der Waals surface area (Å²) in [5.41, 5.74) is 21.1. The summed E-state index contributed by atoms with van der Waals surface area (Å²) < 4.78 is 0. The van der Waals surface area contributed by atoms with E-state index in [0.29, 0.717) is 19.4 Å². The van der Waals surface area contributed by atoms with E-state index in [0.717, 1.165) is 0 Å². The second kappa shape index (κ2) is 15.5. The van der Waals surface area contributed by atoms with Gasteiger partial charge in [0.15, 0.2) is 0 Å². The van der Waals surface area contributed by atoms with Gasteiger partial charge in [0.2, 0.25) is 29.5 Å². The standard InChI is InChI=1S/C19H35N7O8/c1-9(27)15(18(32)25-12(19(33)34)5-6-13(22)28)26-17(31)11(4-2-3-7-20)24-16(30)10(21)8-14(23)29/h9-12,15,27H,2-8,20-21H2,1H3,(H2,22,28)(H2,23,29)(H,24,30)(H,25,32)(H,26,31)(H,33,34). The van der Waals surface area contributed by atoms with Crippen LogP contribution in [0, 0.1) is 0 Å². The van der Waals surface area contributed by atoms with Gasteiger partial charge in [-0.25, -0.2) is 4.79 Å². The van der Waals surface area contributed by atoms with E-state index in [4.69, 9.17) is 22.9 Å². The summed E-state index contributed by atoms with van der Waals surface area (Å²) in [4.78, 5) is 70.9. The Morgan fingerprint density at radius 2 is 1.41 bits per heavy atom. The normalized spacial score (nSPS) is 15.2. The van der Waals surface area contributed by atoms with E-state index in [1.165, 1.54) is 6.92 Å². The fourth-order valence-corrected chi connectivity index (χ4v) is 2.81. The lowest BCUT2D eigenvalue weighted by molar-refractivity contribution is -0.143. The Morgan fingerprint density at radius 3 is 1.88 bits per heavy atom. The summed E-state index contributed by atoms with van der Waals surface area (Å²) in [6.07, 6.45) is -1.48. The molecule has 0 bridgehead atoms. The molecule has 0 aromatic carbocycles. The van der Waals surface area contributed by atoms with Crippen LogP contribution in [0.1, 0.15) is 45.4 Å². The molecule has 0 aromatic rings. The lowest BCUT2D eigenvalue weighted by atomic mass is 10.0. The van der Waals surface area contributed by atoms with Gasteiger partial charge in [-0.15, -0.1) is 0 Å². The number of carboxylic acids is 1. The number of carboxylic acid groups (broad SMARTS) is 1. The highest BCUT2D eigenvalue weighted by molar-refractivity contribution is 5.95. The van der Waals surface area contributed by atoms with E-state index in [1.54, 1.807) is 0 Å². The lowest BCUT2D eigenvalue weighted by Crippen LogP contribution is -2.60. The molecule has 0 aliphatic rings. The molecule has 0 heterocycles. The van der Waals surface area contributed by atoms with Crippen molar-refractivity contribution in [3.63, 3.8) is 0 Å². The van der Waals surface area contributed by atoms with Crippen molar-refractivity contribution in [3.8, 4) is 0 Å². The maximum atomic E-state index is 12.8. The van der Waals surface area contributed by atoms with E-state index < -0.39 is 72.2 Å². The molecule has 0 saturated carbocycles. The van der Waals surface area contributed by atoms with Crippen molar-refractivity contribution in [2.75, 3.05) is 6.54 Å². The van der Waals surface area contributed by atoms with Gasteiger partial charge < -0.3 is 49.1 Å². The Balaban J connectivity index is 5.44. The third kappa shape index (κ3) is 12.1. The Bertz CT molecular complexity index is 746. The molecule has 5 unspecified atom stereocenters. The molecule has 5 atom stereocenters. The van der Waals surface area contributed by atoms with Crippen LogP contribution >= 0.6 is 0 Å². The van der Waals surface area contributed by atoms with E-state index in [9.17, 15) is 39.0 Å². The number of primary amides is 2. The maximum Gasteiger partial charge on any atom is 0.326 e. The number of unbranched alkanes of at least 4 members (excludes halogenated alkanes) is 1. The number of nitrogens with one attached hydrogen (secondary N) is 3. The van der Waals surface area contributed by atoms with Crippen molar-refractivity contribution >= 4 is 35.5 Å². The van der Waals surface area contributed by atoms with Gasteiger partial charge in [0.25, 0.3) is 0 Å². The van der Waals surface area contributed by atoms with Gasteiger partial charge in [0.05, 0.1) is 18.6 Å². The van der Waals surface area contributed by atoms with E-state index >= 15 is 0 Å². The Kier molecular flexibility index (Phi) is 14.0. The van der Waals surface area contributed by atoms with Gasteiger partial charge in [-0.05, 0) is 39.2 Å². The van der Waals surface area contributed by atoms with Crippen molar-refractivity contribution in [3.05, 3.63) is 0 Å². The molecule has 0 aromatic heterocycles. The molecule has 15 nitrogen and oxygen atoms in total. The van der Waals surface area contributed by atoms with Crippen molar-refractivity contribution < 1.29 is 39.0 Å². The largest absolute Gasteiger partial charge is 0.480 e. The highest BCUT2D eigenvalue weighted by atomic mass is 16.4. The first-order valence-electron chi connectivity index (χ1n) is 10.6. The maximum absolute atomic E-state index is 12.8. The Morgan fingerprint density at radius 1 is 0.824 bits per heavy atom. The van der Waals surface area contributed by atoms with Crippen molar-refractivity contribution in [2.24, 2.45) is 22.9 Å². The van der Waals surface area contributed by atoms with Gasteiger partial charge >= 0.3 is 5.97 Å². The van der Waals surface area contributed by atoms with Gasteiger partial charge in [0.1, 0.15) is 18.1 Å². The number of aliphatic hydroxyl groups is 1. The van der Waals surface area contributed by atoms with Crippen LogP contribution in [0.4, 0.5) is 0 Å². The van der Waals surface area contributed by atoms with Crippen LogP contribution in [0.5, 0.6) is 0 Å². The Labute approximate surface area is 196 Å². The summed E-state index contributed by atoms with van der Waals surface area (Å²) in [5, 5.41) is 26.0. The first-order chi connectivity index (χ1) is 15.8. The molecule has 0 saturated heterocycles. The minimum atomic E-state index is -1.59. The number of amides is 5. The molecule has 0 radical (unpaired) electrons. The number of aliphatic hydroxyl groups excluding tert-OH is 1. The van der Waals surface area contributed by atoms with E-state index in [-0.39, 0.29) is 19.3 Å². The zero-order valence-electron chi connectivity index (χ0n) is 19.0. The summed E-state index contributed by atoms with van der Waals surface area (Å²) in [6, 6.07) is -5.59. The summed E-state index contributed by atoms with van der Waals surface area (Å²) in [5.74, 6) is -5.75. The number of carbonyl (C=O) groups is 6. The fourth-order valence-electron chi connectivity index (χ4n) is 2.81. The predicted octanol–water partition coefficient (Wildman–Crippen LogP) is -4.50. The number of hydrogen-bond acceptors (Lipinski definition) is 9. The van der Waals surface area contributed by atoms with E-state index in [2.05, 4.69) is 16.0 Å². The van der Waals surface area contributed by atoms with Crippen molar-refractivity contribution in [1.29, 1.82) is 0 Å². The minimum absolute atomic E-state index is 0.0998. The summed E-state index contributed by atoms with van der Waals surface area (Å²) in [7, 11) is 0. The highest BCUT2D eigenvalue weighted by Gasteiger charge is 2.32. The molecule has 0 spiro atoms. The van der Waals surface area contributed by atoms with Crippen molar-refractivity contribution in [2.45, 2.75) is 75.7 Å². The summed E-state index contributed by atoms with van der Waals surface area (Å²) >= 11 is 0. The molecule has 194 valence electrons. The molecular weight excluding hydrogens is 454 g/mol. The predicted molar refractivity (Wildman–Crippen MR) is 118 cm³/mol. The fraction of sp³-hybridized carbons (Fsp3) is 0.684. The first kappa shape index (κ1) is 30.7. The average molecular weight is 490 g/mol. The third-order valence-corrected chi connectivity index (χ3v) is 4.69. The number of hydrogen-bond donors (Lipinski definition) is 9. The molecule has 15 heteroatoms.